The molecule has 2 aromatic rings. The number of carbonyl (C=O) groups is 2. The van der Waals surface area contributed by atoms with Crippen molar-refractivity contribution in [2.24, 2.45) is 5.92 Å². The van der Waals surface area contributed by atoms with E-state index in [4.69, 9.17) is 14.7 Å². The predicted molar refractivity (Wildman–Crippen MR) is 88.6 cm³/mol. The zero-order valence-electron chi connectivity index (χ0n) is 13.3. The molecule has 0 aliphatic heterocycles. The van der Waals surface area contributed by atoms with E-state index in [2.05, 4.69) is 5.48 Å². The number of esters is 1. The van der Waals surface area contributed by atoms with Gasteiger partial charge in [-0.3, -0.25) is 15.1 Å². The van der Waals surface area contributed by atoms with E-state index in [1.807, 2.05) is 30.3 Å². The number of benzene rings is 2. The van der Waals surface area contributed by atoms with Crippen LogP contribution >= 0.6 is 0 Å². The fourth-order valence-corrected chi connectivity index (χ4v) is 2.18. The minimum absolute atomic E-state index is 0.127. The van der Waals surface area contributed by atoms with Crippen molar-refractivity contribution in [3.63, 3.8) is 0 Å². The molecule has 0 fully saturated rings. The fourth-order valence-electron chi connectivity index (χ4n) is 2.18. The van der Waals surface area contributed by atoms with Crippen LogP contribution in [0.25, 0.3) is 0 Å². The Hall–Kier alpha value is -2.86. The van der Waals surface area contributed by atoms with Crippen LogP contribution in [-0.4, -0.2) is 30.8 Å². The molecule has 6 nitrogen and oxygen atoms in total. The van der Waals surface area contributed by atoms with Crippen LogP contribution in [0.3, 0.4) is 0 Å². The third kappa shape index (κ3) is 5.10. The second-order valence-corrected chi connectivity index (χ2v) is 5.21. The van der Waals surface area contributed by atoms with Gasteiger partial charge in [-0.2, -0.15) is 0 Å². The summed E-state index contributed by atoms with van der Waals surface area (Å²) in [6, 6.07) is 15.7. The van der Waals surface area contributed by atoms with Gasteiger partial charge in [0.05, 0.1) is 30.9 Å². The highest BCUT2D eigenvalue weighted by atomic mass is 16.6. The minimum atomic E-state index is -0.990. The molecule has 0 saturated carbocycles. The maximum Gasteiger partial charge on any atom is 0.335 e. The van der Waals surface area contributed by atoms with E-state index >= 15 is 0 Å². The number of carboxylic acid groups (broad SMARTS) is 1. The topological polar surface area (TPSA) is 84.9 Å². The first-order valence-corrected chi connectivity index (χ1v) is 7.43. The lowest BCUT2D eigenvalue weighted by atomic mass is 10.0. The lowest BCUT2D eigenvalue weighted by Gasteiger charge is -2.15. The monoisotopic (exact) mass is 329 g/mol. The van der Waals surface area contributed by atoms with E-state index in [0.29, 0.717) is 12.1 Å². The number of hydrogen-bond donors (Lipinski definition) is 2. The molecule has 126 valence electrons. The van der Waals surface area contributed by atoms with Crippen molar-refractivity contribution >= 4 is 17.6 Å². The maximum absolute atomic E-state index is 11.9. The van der Waals surface area contributed by atoms with Gasteiger partial charge in [-0.05, 0) is 36.2 Å². The summed E-state index contributed by atoms with van der Waals surface area (Å²) in [6.07, 6.45) is 0.507. The fraction of sp³-hybridized carbons (Fsp3) is 0.222. The molecule has 0 unspecified atom stereocenters. The normalized spacial score (nSPS) is 11.5. The highest BCUT2D eigenvalue weighted by molar-refractivity contribution is 5.87. The van der Waals surface area contributed by atoms with Crippen molar-refractivity contribution in [3.05, 3.63) is 65.7 Å². The van der Waals surface area contributed by atoms with Crippen LogP contribution in [-0.2, 0) is 20.8 Å². The molecule has 0 bridgehead atoms. The van der Waals surface area contributed by atoms with E-state index in [1.165, 1.54) is 19.2 Å². The Labute approximate surface area is 140 Å². The van der Waals surface area contributed by atoms with Crippen LogP contribution in [0, 0.1) is 5.92 Å². The number of anilines is 1. The second-order valence-electron chi connectivity index (χ2n) is 5.21. The average Bonchev–Trinajstić information content (AvgIpc) is 2.61. The lowest BCUT2D eigenvalue weighted by molar-refractivity contribution is -0.147. The summed E-state index contributed by atoms with van der Waals surface area (Å²) in [5.41, 5.74) is 4.51. The van der Waals surface area contributed by atoms with Gasteiger partial charge < -0.3 is 9.84 Å². The third-order valence-corrected chi connectivity index (χ3v) is 3.47. The van der Waals surface area contributed by atoms with E-state index < -0.39 is 11.9 Å². The van der Waals surface area contributed by atoms with Crippen molar-refractivity contribution < 1.29 is 24.3 Å². The highest BCUT2D eigenvalue weighted by Crippen LogP contribution is 2.13. The molecule has 2 aromatic carbocycles. The molecule has 0 aliphatic carbocycles. The van der Waals surface area contributed by atoms with Crippen molar-refractivity contribution in [3.8, 4) is 0 Å². The molecule has 24 heavy (non-hydrogen) atoms. The molecule has 1 atom stereocenters. The Morgan fingerprint density at radius 3 is 2.33 bits per heavy atom. The van der Waals surface area contributed by atoms with Gasteiger partial charge in [0.25, 0.3) is 0 Å². The first-order chi connectivity index (χ1) is 11.6. The predicted octanol–water partition coefficient (Wildman–Crippen LogP) is 2.76. The van der Waals surface area contributed by atoms with Gasteiger partial charge >= 0.3 is 11.9 Å². The third-order valence-electron chi connectivity index (χ3n) is 3.47. The van der Waals surface area contributed by atoms with Crippen LogP contribution in [0.5, 0.6) is 0 Å². The smallest absolute Gasteiger partial charge is 0.335 e. The zero-order chi connectivity index (χ0) is 17.4. The zero-order valence-corrected chi connectivity index (χ0v) is 13.3. The average molecular weight is 329 g/mol. The molecule has 0 aliphatic rings. The van der Waals surface area contributed by atoms with E-state index in [-0.39, 0.29) is 18.1 Å². The molecule has 0 saturated heterocycles. The number of aromatic carboxylic acids is 1. The Morgan fingerprint density at radius 1 is 1.08 bits per heavy atom. The molecule has 2 N–H and O–H groups in total. The quantitative estimate of drug-likeness (QED) is 0.572. The summed E-state index contributed by atoms with van der Waals surface area (Å²) < 4.78 is 4.82. The van der Waals surface area contributed by atoms with Crippen LogP contribution in [0.1, 0.15) is 15.9 Å². The van der Waals surface area contributed by atoms with Gasteiger partial charge in [0.1, 0.15) is 0 Å². The molecule has 0 heterocycles. The second kappa shape index (κ2) is 8.69. The summed E-state index contributed by atoms with van der Waals surface area (Å²) in [5, 5.41) is 8.85. The molecule has 6 heteroatoms. The van der Waals surface area contributed by atoms with Crippen molar-refractivity contribution in [2.75, 3.05) is 19.2 Å². The molecule has 0 aromatic heterocycles. The summed E-state index contributed by atoms with van der Waals surface area (Å²) in [7, 11) is 1.35. The Kier molecular flexibility index (Phi) is 6.33. The summed E-state index contributed by atoms with van der Waals surface area (Å²) in [6.45, 7) is 0.127. The number of rotatable bonds is 8. The van der Waals surface area contributed by atoms with Crippen molar-refractivity contribution in [1.29, 1.82) is 0 Å². The van der Waals surface area contributed by atoms with Crippen LogP contribution in [0.2, 0.25) is 0 Å². The molecule has 0 radical (unpaired) electrons. The summed E-state index contributed by atoms with van der Waals surface area (Å²) in [5.74, 6) is -1.78. The molecule has 2 rings (SSSR count). The first-order valence-electron chi connectivity index (χ1n) is 7.43. The maximum atomic E-state index is 11.9. The van der Waals surface area contributed by atoms with Gasteiger partial charge in [0, 0.05) is 0 Å². The molecule has 0 spiro atoms. The van der Waals surface area contributed by atoms with Gasteiger partial charge in [-0.1, -0.05) is 30.3 Å². The van der Waals surface area contributed by atoms with Gasteiger partial charge in [0.2, 0.25) is 0 Å². The summed E-state index contributed by atoms with van der Waals surface area (Å²) in [4.78, 5) is 28.1. The number of nitrogens with one attached hydrogen (secondary N) is 1. The Balaban J connectivity index is 1.90. The number of carboxylic acids is 1. The lowest BCUT2D eigenvalue weighted by Crippen LogP contribution is -2.25. The van der Waals surface area contributed by atoms with Crippen molar-refractivity contribution in [1.82, 2.24) is 0 Å². The highest BCUT2D eigenvalue weighted by Gasteiger charge is 2.20. The van der Waals surface area contributed by atoms with Gasteiger partial charge in [-0.15, -0.1) is 0 Å². The standard InChI is InChI=1S/C18H19NO5/c1-23-18(22)15(11-13-5-3-2-4-6-13)12-24-19-16-9-7-14(8-10-16)17(20)21/h2-10,15,19H,11-12H2,1H3,(H,20,21)/t15-/m0/s1. The van der Waals surface area contributed by atoms with E-state index in [0.717, 1.165) is 5.56 Å². The van der Waals surface area contributed by atoms with E-state index in [1.54, 1.807) is 12.1 Å². The number of ether oxygens (including phenoxy) is 1. The molecule has 0 amide bonds. The van der Waals surface area contributed by atoms with Crippen LogP contribution in [0.4, 0.5) is 5.69 Å². The summed E-state index contributed by atoms with van der Waals surface area (Å²) >= 11 is 0. The SMILES string of the molecule is COC(=O)[C@H](CONc1ccc(C(=O)O)cc1)Cc1ccccc1. The van der Waals surface area contributed by atoms with Crippen LogP contribution in [0.15, 0.2) is 54.6 Å². The van der Waals surface area contributed by atoms with E-state index in [9.17, 15) is 9.59 Å². The minimum Gasteiger partial charge on any atom is -0.478 e. The Morgan fingerprint density at radius 2 is 1.75 bits per heavy atom. The molecular formula is C18H19NO5. The van der Waals surface area contributed by atoms with Crippen molar-refractivity contribution in [2.45, 2.75) is 6.42 Å². The molecular weight excluding hydrogens is 310 g/mol. The number of methoxy groups -OCH3 is 1. The van der Waals surface area contributed by atoms with Gasteiger partial charge in [0.15, 0.2) is 0 Å². The number of hydrogen-bond acceptors (Lipinski definition) is 5. The van der Waals surface area contributed by atoms with Crippen LogP contribution < -0.4 is 5.48 Å². The number of carbonyl (C=O) groups excluding carboxylic acids is 1. The first kappa shape index (κ1) is 17.5. The largest absolute Gasteiger partial charge is 0.478 e. The Bertz CT molecular complexity index is 670. The van der Waals surface area contributed by atoms with Gasteiger partial charge in [-0.25, -0.2) is 4.79 Å².